The molecule has 0 saturated heterocycles. The molecule has 3 heterocycles. The van der Waals surface area contributed by atoms with E-state index >= 15 is 4.39 Å². The van der Waals surface area contributed by atoms with Crippen LogP contribution in [0, 0.1) is 5.82 Å². The van der Waals surface area contributed by atoms with Gasteiger partial charge in [-0.2, -0.15) is 18.3 Å². The van der Waals surface area contributed by atoms with Gasteiger partial charge in [0.15, 0.2) is 5.69 Å². The number of aromatic nitrogens is 2. The predicted octanol–water partition coefficient (Wildman–Crippen LogP) is 5.99. The molecule has 1 atom stereocenters. The third-order valence-electron chi connectivity index (χ3n) is 5.71. The lowest BCUT2D eigenvalue weighted by molar-refractivity contribution is -0.141. The summed E-state index contributed by atoms with van der Waals surface area (Å²) in [6.45, 7) is 2.59. The van der Waals surface area contributed by atoms with Crippen LogP contribution in [0.15, 0.2) is 42.6 Å². The molecule has 11 heteroatoms. The third kappa shape index (κ3) is 5.00. The summed E-state index contributed by atoms with van der Waals surface area (Å²) in [5.74, 6) is -1.15. The number of nitrogens with zero attached hydrogens (tertiary/aromatic N) is 4. The van der Waals surface area contributed by atoms with E-state index in [1.54, 1.807) is 25.1 Å². The van der Waals surface area contributed by atoms with Crippen molar-refractivity contribution in [3.8, 4) is 11.1 Å². The molecule has 35 heavy (non-hydrogen) atoms. The topological polar surface area (TPSA) is 41.4 Å². The van der Waals surface area contributed by atoms with E-state index in [-0.39, 0.29) is 35.7 Å². The fourth-order valence-electron chi connectivity index (χ4n) is 4.21. The number of amides is 1. The smallest absolute Gasteiger partial charge is 0.323 e. The number of fused-ring (bicyclic) bond motifs is 1. The number of aryl methyl sites for hydroxylation is 1. The Hall–Kier alpha value is -2.69. The Balaban J connectivity index is 1.89. The van der Waals surface area contributed by atoms with Crippen LogP contribution in [0.2, 0.25) is 4.34 Å². The lowest BCUT2D eigenvalue weighted by Gasteiger charge is -2.27. The molecule has 0 spiro atoms. The summed E-state index contributed by atoms with van der Waals surface area (Å²) in [7, 11) is 3.72. The van der Waals surface area contributed by atoms with E-state index in [4.69, 9.17) is 11.6 Å². The molecule has 1 aromatic carbocycles. The van der Waals surface area contributed by atoms with Crippen molar-refractivity contribution in [1.82, 2.24) is 19.6 Å². The zero-order chi connectivity index (χ0) is 25.5. The van der Waals surface area contributed by atoms with E-state index in [1.165, 1.54) is 34.6 Å². The SMILES string of the molecule is CCn1cc(-c2c(F)cccc2[C@H]2c3cc(Cl)sc3CN2C(=O)/C=C/CN(C)C)c(C(F)(F)F)n1. The molecule has 1 amide bonds. The van der Waals surface area contributed by atoms with Crippen LogP contribution in [0.3, 0.4) is 0 Å². The Bertz CT molecular complexity index is 1280. The van der Waals surface area contributed by atoms with Crippen molar-refractivity contribution in [3.63, 3.8) is 0 Å². The maximum atomic E-state index is 15.3. The van der Waals surface area contributed by atoms with Crippen LogP contribution in [-0.2, 0) is 24.1 Å². The molecule has 0 aliphatic carbocycles. The van der Waals surface area contributed by atoms with E-state index in [0.717, 1.165) is 15.6 Å². The van der Waals surface area contributed by atoms with Gasteiger partial charge < -0.3 is 9.80 Å². The average Bonchev–Trinajstić information content (AvgIpc) is 3.44. The Kier molecular flexibility index (Phi) is 7.08. The molecule has 1 aliphatic rings. The number of rotatable bonds is 6. The number of alkyl halides is 3. The zero-order valence-electron chi connectivity index (χ0n) is 19.2. The second-order valence-electron chi connectivity index (χ2n) is 8.41. The number of carbonyl (C=O) groups excluding carboxylic acids is 1. The van der Waals surface area contributed by atoms with Crippen LogP contribution in [0.4, 0.5) is 17.6 Å². The highest BCUT2D eigenvalue weighted by atomic mass is 35.5. The molecule has 0 fully saturated rings. The van der Waals surface area contributed by atoms with Gasteiger partial charge in [-0.3, -0.25) is 9.48 Å². The van der Waals surface area contributed by atoms with Crippen molar-refractivity contribution in [2.45, 2.75) is 32.2 Å². The number of benzene rings is 1. The first kappa shape index (κ1) is 25.4. The standard InChI is InChI=1S/C24H23ClF4N4OS/c1-4-32-12-16(23(30-32)24(27,28)29)21-14(7-5-8-17(21)26)22-15-11-19(25)35-18(15)13-33(22)20(34)9-6-10-31(2)3/h5-9,11-12,22H,4,10,13H2,1-3H3/b9-6+/t22-/m0/s1. The minimum Gasteiger partial charge on any atom is -0.323 e. The largest absolute Gasteiger partial charge is 0.435 e. The van der Waals surface area contributed by atoms with Crippen molar-refractivity contribution in [2.24, 2.45) is 0 Å². The van der Waals surface area contributed by atoms with Crippen molar-refractivity contribution in [3.05, 3.63) is 74.5 Å². The second-order valence-corrected chi connectivity index (χ2v) is 10.2. The summed E-state index contributed by atoms with van der Waals surface area (Å²) in [6, 6.07) is 4.99. The minimum absolute atomic E-state index is 0.182. The summed E-state index contributed by atoms with van der Waals surface area (Å²) in [4.78, 5) is 17.4. The van der Waals surface area contributed by atoms with E-state index in [9.17, 15) is 18.0 Å². The van der Waals surface area contributed by atoms with E-state index in [0.29, 0.717) is 16.4 Å². The molecule has 2 aromatic heterocycles. The van der Waals surface area contributed by atoms with Crippen LogP contribution in [-0.4, -0.2) is 46.1 Å². The highest BCUT2D eigenvalue weighted by Crippen LogP contribution is 2.48. The fraction of sp³-hybridized carbons (Fsp3) is 0.333. The lowest BCUT2D eigenvalue weighted by Crippen LogP contribution is -2.29. The summed E-state index contributed by atoms with van der Waals surface area (Å²) in [5, 5.41) is 3.65. The molecule has 186 valence electrons. The molecule has 5 nitrogen and oxygen atoms in total. The maximum Gasteiger partial charge on any atom is 0.435 e. The molecule has 0 N–H and O–H groups in total. The molecule has 3 aromatic rings. The monoisotopic (exact) mass is 526 g/mol. The van der Waals surface area contributed by atoms with Crippen molar-refractivity contribution in [1.29, 1.82) is 0 Å². The highest BCUT2D eigenvalue weighted by Gasteiger charge is 2.41. The Morgan fingerprint density at radius 3 is 2.71 bits per heavy atom. The van der Waals surface area contributed by atoms with Gasteiger partial charge in [-0.25, -0.2) is 4.39 Å². The van der Waals surface area contributed by atoms with Gasteiger partial charge in [0.05, 0.1) is 16.9 Å². The average molecular weight is 527 g/mol. The third-order valence-corrected chi connectivity index (χ3v) is 6.97. The second kappa shape index (κ2) is 9.75. The molecule has 0 unspecified atom stereocenters. The quantitative estimate of drug-likeness (QED) is 0.292. The van der Waals surface area contributed by atoms with Crippen molar-refractivity contribution in [2.75, 3.05) is 20.6 Å². The predicted molar refractivity (Wildman–Crippen MR) is 128 cm³/mol. The first-order valence-corrected chi connectivity index (χ1v) is 12.0. The van der Waals surface area contributed by atoms with Gasteiger partial charge in [0.2, 0.25) is 5.91 Å². The molecule has 0 radical (unpaired) electrons. The van der Waals surface area contributed by atoms with Gasteiger partial charge in [-0.15, -0.1) is 11.3 Å². The van der Waals surface area contributed by atoms with Gasteiger partial charge in [-0.05, 0) is 44.3 Å². The van der Waals surface area contributed by atoms with Gasteiger partial charge in [-0.1, -0.05) is 29.8 Å². The normalized spacial score (nSPS) is 16.0. The molecule has 1 aliphatic heterocycles. The van der Waals surface area contributed by atoms with E-state index in [2.05, 4.69) is 5.10 Å². The number of likely N-dealkylation sites (N-methyl/N-ethyl adjacent to an activating group) is 1. The molecular formula is C24H23ClF4N4OS. The molecular weight excluding hydrogens is 504 g/mol. The van der Waals surface area contributed by atoms with Crippen LogP contribution >= 0.6 is 22.9 Å². The summed E-state index contributed by atoms with van der Waals surface area (Å²) < 4.78 is 58.6. The number of halogens is 5. The molecule has 4 rings (SSSR count). The number of hydrogen-bond acceptors (Lipinski definition) is 4. The lowest BCUT2D eigenvalue weighted by atomic mass is 9.91. The van der Waals surface area contributed by atoms with Crippen LogP contribution < -0.4 is 0 Å². The van der Waals surface area contributed by atoms with Crippen molar-refractivity contribution < 1.29 is 22.4 Å². The first-order valence-electron chi connectivity index (χ1n) is 10.8. The minimum atomic E-state index is -4.79. The molecule has 0 saturated carbocycles. The summed E-state index contributed by atoms with van der Waals surface area (Å²) in [6.07, 6.45) is -0.449. The van der Waals surface area contributed by atoms with Crippen LogP contribution in [0.5, 0.6) is 0 Å². The van der Waals surface area contributed by atoms with Crippen molar-refractivity contribution >= 4 is 28.8 Å². The van der Waals surface area contributed by atoms with Crippen LogP contribution in [0.1, 0.15) is 34.7 Å². The highest BCUT2D eigenvalue weighted by molar-refractivity contribution is 7.16. The number of carbonyl (C=O) groups is 1. The Labute approximate surface area is 209 Å². The Morgan fingerprint density at radius 1 is 1.31 bits per heavy atom. The van der Waals surface area contributed by atoms with Gasteiger partial charge in [0.1, 0.15) is 5.82 Å². The number of hydrogen-bond donors (Lipinski definition) is 0. The van der Waals surface area contributed by atoms with E-state index < -0.39 is 23.7 Å². The Morgan fingerprint density at radius 2 is 2.06 bits per heavy atom. The fourth-order valence-corrected chi connectivity index (χ4v) is 5.52. The van der Waals surface area contributed by atoms with Crippen LogP contribution in [0.25, 0.3) is 11.1 Å². The number of thiophene rings is 1. The summed E-state index contributed by atoms with van der Waals surface area (Å²) >= 11 is 7.53. The first-order chi connectivity index (χ1) is 16.5. The zero-order valence-corrected chi connectivity index (χ0v) is 20.8. The van der Waals surface area contributed by atoms with Gasteiger partial charge in [0.25, 0.3) is 0 Å². The summed E-state index contributed by atoms with van der Waals surface area (Å²) in [5.41, 5.74) is -0.838. The maximum absolute atomic E-state index is 15.3. The van der Waals surface area contributed by atoms with Gasteiger partial charge >= 0.3 is 6.18 Å². The van der Waals surface area contributed by atoms with Gasteiger partial charge in [0, 0.05) is 41.4 Å². The molecule has 0 bridgehead atoms. The van der Waals surface area contributed by atoms with E-state index in [1.807, 2.05) is 19.0 Å².